The number of rotatable bonds is 4. The summed E-state index contributed by atoms with van der Waals surface area (Å²) in [4.78, 5) is 4.21. The van der Waals surface area contributed by atoms with Gasteiger partial charge in [-0.15, -0.1) is 0 Å². The van der Waals surface area contributed by atoms with Crippen LogP contribution in [0.2, 0.25) is 0 Å². The van der Waals surface area contributed by atoms with E-state index in [9.17, 15) is 4.39 Å². The predicted molar refractivity (Wildman–Crippen MR) is 68.9 cm³/mol. The van der Waals surface area contributed by atoms with Gasteiger partial charge in [-0.3, -0.25) is 0 Å². The molecule has 0 aliphatic heterocycles. The first-order valence-electron chi connectivity index (χ1n) is 5.96. The van der Waals surface area contributed by atoms with Crippen LogP contribution in [0.4, 0.5) is 10.1 Å². The summed E-state index contributed by atoms with van der Waals surface area (Å²) in [7, 11) is 0. The van der Waals surface area contributed by atoms with Crippen LogP contribution in [0.25, 0.3) is 0 Å². The minimum Gasteiger partial charge on any atom is -0.378 e. The second kappa shape index (κ2) is 5.16. The van der Waals surface area contributed by atoms with Gasteiger partial charge in [-0.05, 0) is 44.5 Å². The van der Waals surface area contributed by atoms with Crippen molar-refractivity contribution in [1.29, 1.82) is 0 Å². The molecule has 0 spiro atoms. The third-order valence-electron chi connectivity index (χ3n) is 2.74. The van der Waals surface area contributed by atoms with Crippen LogP contribution < -0.4 is 5.32 Å². The molecule has 0 saturated carbocycles. The van der Waals surface area contributed by atoms with Crippen LogP contribution in [0.1, 0.15) is 31.3 Å². The lowest BCUT2D eigenvalue weighted by Crippen LogP contribution is -2.12. The zero-order chi connectivity index (χ0) is 13.1. The fourth-order valence-electron chi connectivity index (χ4n) is 1.77. The first kappa shape index (κ1) is 12.5. The molecule has 1 aromatic carbocycles. The smallest absolute Gasteiger partial charge is 0.146 e. The number of nitrogens with zero attached hydrogens (tertiary/aromatic N) is 3. The summed E-state index contributed by atoms with van der Waals surface area (Å²) in [5.41, 5.74) is 1.51. The minimum absolute atomic E-state index is 0.189. The summed E-state index contributed by atoms with van der Waals surface area (Å²) in [6.45, 7) is 6.43. The van der Waals surface area contributed by atoms with Gasteiger partial charge in [0.05, 0.1) is 6.54 Å². The molecule has 0 amide bonds. The number of hydrogen-bond donors (Lipinski definition) is 1. The second-order valence-corrected chi connectivity index (χ2v) is 4.53. The molecule has 2 rings (SSSR count). The molecule has 0 aliphatic carbocycles. The maximum atomic E-state index is 13.1. The van der Waals surface area contributed by atoms with E-state index in [4.69, 9.17) is 0 Å². The van der Waals surface area contributed by atoms with Crippen molar-refractivity contribution in [2.75, 3.05) is 5.32 Å². The Bertz CT molecular complexity index is 534. The third kappa shape index (κ3) is 2.67. The molecule has 0 fully saturated rings. The Morgan fingerprint density at radius 1 is 1.39 bits per heavy atom. The third-order valence-corrected chi connectivity index (χ3v) is 2.74. The van der Waals surface area contributed by atoms with Crippen molar-refractivity contribution in [2.24, 2.45) is 0 Å². The fraction of sp³-hybridized carbons (Fsp3) is 0.385. The number of benzene rings is 1. The summed E-state index contributed by atoms with van der Waals surface area (Å²) >= 11 is 0. The first-order chi connectivity index (χ1) is 8.58. The predicted octanol–water partition coefficient (Wildman–Crippen LogP) is 2.92. The van der Waals surface area contributed by atoms with Crippen LogP contribution in [0.3, 0.4) is 0 Å². The Morgan fingerprint density at radius 3 is 2.83 bits per heavy atom. The lowest BCUT2D eigenvalue weighted by molar-refractivity contribution is 0.509. The van der Waals surface area contributed by atoms with E-state index in [-0.39, 0.29) is 11.9 Å². The van der Waals surface area contributed by atoms with Gasteiger partial charge in [-0.1, -0.05) is 0 Å². The van der Waals surface area contributed by atoms with Gasteiger partial charge >= 0.3 is 0 Å². The van der Waals surface area contributed by atoms with Gasteiger partial charge in [0.15, 0.2) is 0 Å². The molecule has 0 saturated heterocycles. The van der Waals surface area contributed by atoms with Crippen molar-refractivity contribution in [1.82, 2.24) is 14.8 Å². The summed E-state index contributed by atoms with van der Waals surface area (Å²) in [5.74, 6) is 0.679. The molecule has 0 bridgehead atoms. The zero-order valence-corrected chi connectivity index (χ0v) is 10.8. The normalized spacial score (nSPS) is 10.9. The number of hydrogen-bond acceptors (Lipinski definition) is 3. The lowest BCUT2D eigenvalue weighted by Gasteiger charge is -2.11. The Labute approximate surface area is 106 Å². The topological polar surface area (TPSA) is 42.7 Å². The average Bonchev–Trinajstić information content (AvgIpc) is 2.79. The maximum Gasteiger partial charge on any atom is 0.146 e. The summed E-state index contributed by atoms with van der Waals surface area (Å²) in [6.07, 6.45) is 1.55. The summed E-state index contributed by atoms with van der Waals surface area (Å²) in [5, 5.41) is 7.39. The fourth-order valence-corrected chi connectivity index (χ4v) is 1.77. The molecule has 1 heterocycles. The van der Waals surface area contributed by atoms with Gasteiger partial charge in [-0.25, -0.2) is 14.1 Å². The zero-order valence-electron chi connectivity index (χ0n) is 10.8. The molecule has 5 heteroatoms. The van der Waals surface area contributed by atoms with Crippen molar-refractivity contribution < 1.29 is 4.39 Å². The molecule has 0 atom stereocenters. The number of aryl methyl sites for hydroxylation is 1. The van der Waals surface area contributed by atoms with Gasteiger partial charge < -0.3 is 5.32 Å². The SMILES string of the molecule is Cc1cc(NCc2ncnn2C(C)C)ccc1F. The molecule has 2 aromatic rings. The van der Waals surface area contributed by atoms with Crippen molar-refractivity contribution in [3.05, 3.63) is 41.7 Å². The Kier molecular flexibility index (Phi) is 3.60. The van der Waals surface area contributed by atoms with E-state index in [0.717, 1.165) is 11.5 Å². The van der Waals surface area contributed by atoms with Gasteiger partial charge in [0.1, 0.15) is 18.0 Å². The average molecular weight is 248 g/mol. The largest absolute Gasteiger partial charge is 0.378 e. The lowest BCUT2D eigenvalue weighted by atomic mass is 10.2. The molecule has 0 aliphatic rings. The van der Waals surface area contributed by atoms with Gasteiger partial charge in [0, 0.05) is 11.7 Å². The highest BCUT2D eigenvalue weighted by atomic mass is 19.1. The van der Waals surface area contributed by atoms with Gasteiger partial charge in [0.25, 0.3) is 0 Å². The molecular weight excluding hydrogens is 231 g/mol. The van der Waals surface area contributed by atoms with E-state index >= 15 is 0 Å². The van der Waals surface area contributed by atoms with Crippen LogP contribution in [0.15, 0.2) is 24.5 Å². The monoisotopic (exact) mass is 248 g/mol. The van der Waals surface area contributed by atoms with Crippen molar-refractivity contribution in [3.8, 4) is 0 Å². The molecule has 96 valence electrons. The summed E-state index contributed by atoms with van der Waals surface area (Å²) in [6, 6.07) is 5.24. The van der Waals surface area contributed by atoms with Crippen molar-refractivity contribution in [2.45, 2.75) is 33.4 Å². The quantitative estimate of drug-likeness (QED) is 0.904. The molecule has 0 unspecified atom stereocenters. The van der Waals surface area contributed by atoms with Crippen LogP contribution in [-0.4, -0.2) is 14.8 Å². The first-order valence-corrected chi connectivity index (χ1v) is 5.96. The van der Waals surface area contributed by atoms with Gasteiger partial charge in [0.2, 0.25) is 0 Å². The van der Waals surface area contributed by atoms with E-state index in [0.29, 0.717) is 12.1 Å². The standard InChI is InChI=1S/C13H17FN4/c1-9(2)18-13(16-8-17-18)7-15-11-4-5-12(14)10(3)6-11/h4-6,8-9,15H,7H2,1-3H3. The van der Waals surface area contributed by atoms with Gasteiger partial charge in [-0.2, -0.15) is 5.10 Å². The minimum atomic E-state index is -0.189. The molecule has 4 nitrogen and oxygen atoms in total. The maximum absolute atomic E-state index is 13.1. The van der Waals surface area contributed by atoms with Crippen molar-refractivity contribution in [3.63, 3.8) is 0 Å². The molecular formula is C13H17FN4. The highest BCUT2D eigenvalue weighted by Gasteiger charge is 2.07. The highest BCUT2D eigenvalue weighted by Crippen LogP contribution is 2.15. The second-order valence-electron chi connectivity index (χ2n) is 4.53. The molecule has 18 heavy (non-hydrogen) atoms. The van der Waals surface area contributed by atoms with E-state index in [1.54, 1.807) is 25.4 Å². The Morgan fingerprint density at radius 2 is 2.17 bits per heavy atom. The van der Waals surface area contributed by atoms with Crippen LogP contribution >= 0.6 is 0 Å². The van der Waals surface area contributed by atoms with E-state index in [1.165, 1.54) is 6.07 Å². The highest BCUT2D eigenvalue weighted by molar-refractivity contribution is 5.45. The number of nitrogens with one attached hydrogen (secondary N) is 1. The van der Waals surface area contributed by atoms with E-state index in [2.05, 4.69) is 29.2 Å². The molecule has 0 radical (unpaired) electrons. The van der Waals surface area contributed by atoms with E-state index in [1.807, 2.05) is 4.68 Å². The molecule has 1 N–H and O–H groups in total. The summed E-state index contributed by atoms with van der Waals surface area (Å²) < 4.78 is 15.0. The number of aromatic nitrogens is 3. The number of anilines is 1. The van der Waals surface area contributed by atoms with E-state index < -0.39 is 0 Å². The van der Waals surface area contributed by atoms with Crippen LogP contribution in [0.5, 0.6) is 0 Å². The molecule has 1 aromatic heterocycles. The Hall–Kier alpha value is -1.91. The van der Waals surface area contributed by atoms with Crippen molar-refractivity contribution >= 4 is 5.69 Å². The number of halogens is 1. The van der Waals surface area contributed by atoms with Crippen LogP contribution in [-0.2, 0) is 6.54 Å². The van der Waals surface area contributed by atoms with Crippen LogP contribution in [0, 0.1) is 12.7 Å². The Balaban J connectivity index is 2.07.